The summed E-state index contributed by atoms with van der Waals surface area (Å²) in [4.78, 5) is 12.6. The first-order valence-electron chi connectivity index (χ1n) is 9.49. The minimum atomic E-state index is -0.723. The van der Waals surface area contributed by atoms with E-state index < -0.39 is 6.10 Å². The molecule has 28 heavy (non-hydrogen) atoms. The van der Waals surface area contributed by atoms with Gasteiger partial charge in [-0.1, -0.05) is 53.6 Å². The molecule has 1 amide bonds. The Labute approximate surface area is 166 Å². The van der Waals surface area contributed by atoms with Crippen LogP contribution in [0.5, 0.6) is 5.75 Å². The van der Waals surface area contributed by atoms with E-state index in [1.807, 2.05) is 69.3 Å². The first-order chi connectivity index (χ1) is 13.4. The highest BCUT2D eigenvalue weighted by molar-refractivity contribution is 5.88. The topological polar surface area (TPSA) is 58.6 Å². The van der Waals surface area contributed by atoms with E-state index in [4.69, 9.17) is 4.74 Å². The zero-order valence-corrected chi connectivity index (χ0v) is 16.8. The predicted octanol–water partition coefficient (Wildman–Crippen LogP) is 4.42. The fourth-order valence-corrected chi connectivity index (χ4v) is 3.46. The number of benzene rings is 3. The molecule has 3 rings (SSSR count). The summed E-state index contributed by atoms with van der Waals surface area (Å²) in [5.41, 5.74) is 3.96. The minimum Gasteiger partial charge on any atom is -0.497 e. The van der Waals surface area contributed by atoms with E-state index in [0.717, 1.165) is 38.8 Å². The predicted molar refractivity (Wildman–Crippen MR) is 113 cm³/mol. The molecule has 0 heterocycles. The smallest absolute Gasteiger partial charge is 0.227 e. The molecular weight excluding hydrogens is 350 g/mol. The minimum absolute atomic E-state index is 0.101. The van der Waals surface area contributed by atoms with Crippen LogP contribution in [0, 0.1) is 13.8 Å². The van der Waals surface area contributed by atoms with Crippen molar-refractivity contribution in [3.8, 4) is 5.75 Å². The van der Waals surface area contributed by atoms with Gasteiger partial charge in [-0.3, -0.25) is 4.79 Å². The van der Waals surface area contributed by atoms with Crippen molar-refractivity contribution < 1.29 is 14.6 Å². The maximum atomic E-state index is 12.6. The third kappa shape index (κ3) is 4.52. The van der Waals surface area contributed by atoms with Crippen LogP contribution in [0.4, 0.5) is 0 Å². The van der Waals surface area contributed by atoms with E-state index in [1.165, 1.54) is 0 Å². The molecule has 0 saturated carbocycles. The molecule has 0 aliphatic heterocycles. The summed E-state index contributed by atoms with van der Waals surface area (Å²) in [6.07, 6.45) is -0.723. The molecule has 0 bridgehead atoms. The molecule has 0 radical (unpaired) electrons. The van der Waals surface area contributed by atoms with Crippen LogP contribution in [0.1, 0.15) is 41.2 Å². The van der Waals surface area contributed by atoms with E-state index in [1.54, 1.807) is 7.11 Å². The Morgan fingerprint density at radius 3 is 2.29 bits per heavy atom. The molecule has 2 N–H and O–H groups in total. The molecule has 0 fully saturated rings. The number of ether oxygens (including phenoxy) is 1. The van der Waals surface area contributed by atoms with Gasteiger partial charge in [0, 0.05) is 6.54 Å². The van der Waals surface area contributed by atoms with Gasteiger partial charge in [0.1, 0.15) is 5.75 Å². The molecule has 2 atom stereocenters. The number of carbonyl (C=O) groups excluding carboxylic acids is 1. The highest BCUT2D eigenvalue weighted by Gasteiger charge is 2.17. The van der Waals surface area contributed by atoms with Crippen molar-refractivity contribution in [1.82, 2.24) is 5.32 Å². The third-order valence-electron chi connectivity index (χ3n) is 5.06. The first-order valence-corrected chi connectivity index (χ1v) is 9.49. The van der Waals surface area contributed by atoms with Gasteiger partial charge >= 0.3 is 0 Å². The summed E-state index contributed by atoms with van der Waals surface area (Å²) in [7, 11) is 1.65. The van der Waals surface area contributed by atoms with Crippen LogP contribution in [0.2, 0.25) is 0 Å². The molecule has 0 saturated heterocycles. The number of methoxy groups -OCH3 is 1. The quantitative estimate of drug-likeness (QED) is 0.669. The molecule has 0 aromatic heterocycles. The Bertz CT molecular complexity index is 976. The van der Waals surface area contributed by atoms with Crippen LogP contribution < -0.4 is 10.1 Å². The third-order valence-corrected chi connectivity index (χ3v) is 5.06. The zero-order chi connectivity index (χ0) is 20.3. The Morgan fingerprint density at radius 1 is 0.964 bits per heavy atom. The molecule has 0 spiro atoms. The van der Waals surface area contributed by atoms with Crippen LogP contribution in [0.3, 0.4) is 0 Å². The summed E-state index contributed by atoms with van der Waals surface area (Å²) in [6, 6.07) is 17.8. The second-order valence-corrected chi connectivity index (χ2v) is 7.38. The van der Waals surface area contributed by atoms with E-state index in [0.29, 0.717) is 0 Å². The second kappa shape index (κ2) is 8.44. The number of aliphatic hydroxyl groups is 1. The van der Waals surface area contributed by atoms with Gasteiger partial charge < -0.3 is 15.2 Å². The van der Waals surface area contributed by atoms with Gasteiger partial charge in [0.2, 0.25) is 5.91 Å². The lowest BCUT2D eigenvalue weighted by atomic mass is 9.96. The van der Waals surface area contributed by atoms with Gasteiger partial charge in [-0.05, 0) is 54.8 Å². The van der Waals surface area contributed by atoms with Gasteiger partial charge in [0.15, 0.2) is 0 Å². The Balaban J connectivity index is 1.67. The number of hydrogen-bond donors (Lipinski definition) is 2. The van der Waals surface area contributed by atoms with Gasteiger partial charge in [-0.25, -0.2) is 0 Å². The number of carbonyl (C=O) groups is 1. The normalized spacial score (nSPS) is 13.2. The molecule has 0 aliphatic rings. The van der Waals surface area contributed by atoms with Crippen molar-refractivity contribution >= 4 is 16.7 Å². The van der Waals surface area contributed by atoms with E-state index in [-0.39, 0.29) is 18.4 Å². The van der Waals surface area contributed by atoms with Crippen LogP contribution >= 0.6 is 0 Å². The molecule has 4 nitrogen and oxygen atoms in total. The van der Waals surface area contributed by atoms with Crippen molar-refractivity contribution in [2.24, 2.45) is 0 Å². The Kier molecular flexibility index (Phi) is 6.00. The van der Waals surface area contributed by atoms with Crippen molar-refractivity contribution in [3.63, 3.8) is 0 Å². The summed E-state index contributed by atoms with van der Waals surface area (Å²) in [5, 5.41) is 15.4. The van der Waals surface area contributed by atoms with Gasteiger partial charge in [0.05, 0.1) is 19.1 Å². The van der Waals surface area contributed by atoms with Gasteiger partial charge in [0.25, 0.3) is 0 Å². The lowest BCUT2D eigenvalue weighted by molar-refractivity contribution is -0.122. The van der Waals surface area contributed by atoms with Gasteiger partial charge in [-0.2, -0.15) is 0 Å². The fraction of sp³-hybridized carbons (Fsp3) is 0.292. The van der Waals surface area contributed by atoms with Gasteiger partial charge in [-0.15, -0.1) is 0 Å². The first kappa shape index (κ1) is 19.9. The molecule has 1 unspecified atom stereocenters. The van der Waals surface area contributed by atoms with Crippen molar-refractivity contribution in [2.45, 2.75) is 32.8 Å². The number of hydrogen-bond acceptors (Lipinski definition) is 3. The zero-order valence-electron chi connectivity index (χ0n) is 16.8. The largest absolute Gasteiger partial charge is 0.497 e. The van der Waals surface area contributed by atoms with Crippen molar-refractivity contribution in [1.29, 1.82) is 0 Å². The molecule has 0 aliphatic carbocycles. The highest BCUT2D eigenvalue weighted by Crippen LogP contribution is 2.25. The maximum absolute atomic E-state index is 12.6. The number of aliphatic hydroxyl groups excluding tert-OH is 1. The average Bonchev–Trinajstić information content (AvgIpc) is 2.69. The molecule has 3 aromatic carbocycles. The van der Waals surface area contributed by atoms with Crippen molar-refractivity contribution in [3.05, 3.63) is 76.9 Å². The summed E-state index contributed by atoms with van der Waals surface area (Å²) in [6.45, 7) is 6.07. The average molecular weight is 377 g/mol. The highest BCUT2D eigenvalue weighted by atomic mass is 16.5. The van der Waals surface area contributed by atoms with Crippen molar-refractivity contribution in [2.75, 3.05) is 13.7 Å². The number of amides is 1. The Morgan fingerprint density at radius 2 is 1.61 bits per heavy atom. The second-order valence-electron chi connectivity index (χ2n) is 7.38. The van der Waals surface area contributed by atoms with Crippen LogP contribution in [0.15, 0.2) is 54.6 Å². The van der Waals surface area contributed by atoms with E-state index in [9.17, 15) is 9.90 Å². The molecule has 4 heteroatoms. The molecule has 146 valence electrons. The van der Waals surface area contributed by atoms with Crippen LogP contribution in [-0.2, 0) is 4.79 Å². The lowest BCUT2D eigenvalue weighted by Gasteiger charge is -2.17. The maximum Gasteiger partial charge on any atom is 0.227 e. The van der Waals surface area contributed by atoms with Crippen LogP contribution in [-0.4, -0.2) is 24.7 Å². The van der Waals surface area contributed by atoms with Crippen LogP contribution in [0.25, 0.3) is 10.8 Å². The monoisotopic (exact) mass is 377 g/mol. The molecule has 3 aromatic rings. The standard InChI is InChI=1S/C24H27NO3/c1-15-9-16(2)11-21(10-15)23(26)14-25-24(27)17(3)18-5-6-20-13-22(28-4)8-7-19(20)12-18/h5-13,17,23,26H,14H2,1-4H3,(H,25,27)/t17-,23?/m0/s1. The lowest BCUT2D eigenvalue weighted by Crippen LogP contribution is -2.31. The SMILES string of the molecule is COc1ccc2cc([C@H](C)C(=O)NCC(O)c3cc(C)cc(C)c3)ccc2c1. The fourth-order valence-electron chi connectivity index (χ4n) is 3.46. The Hall–Kier alpha value is -2.85. The molecular formula is C24H27NO3. The number of nitrogens with one attached hydrogen (secondary N) is 1. The summed E-state index contributed by atoms with van der Waals surface area (Å²) in [5.74, 6) is 0.403. The number of fused-ring (bicyclic) bond motifs is 1. The summed E-state index contributed by atoms with van der Waals surface area (Å²) < 4.78 is 5.26. The van der Waals surface area contributed by atoms with E-state index >= 15 is 0 Å². The number of aryl methyl sites for hydroxylation is 2. The number of rotatable bonds is 6. The summed E-state index contributed by atoms with van der Waals surface area (Å²) >= 11 is 0. The van der Waals surface area contributed by atoms with E-state index in [2.05, 4.69) is 11.4 Å².